The van der Waals surface area contributed by atoms with E-state index in [9.17, 15) is 9.18 Å². The lowest BCUT2D eigenvalue weighted by atomic mass is 9.82. The molecule has 4 heteroatoms. The predicted octanol–water partition coefficient (Wildman–Crippen LogP) is 3.90. The zero-order valence-corrected chi connectivity index (χ0v) is 11.4. The Hall–Kier alpha value is -1.58. The van der Waals surface area contributed by atoms with Gasteiger partial charge in [-0.25, -0.2) is 9.18 Å². The number of carboxylic acid groups (broad SMARTS) is 1. The molecule has 0 spiro atoms. The first-order chi connectivity index (χ1) is 9.63. The summed E-state index contributed by atoms with van der Waals surface area (Å²) in [6.07, 6.45) is 7.57. The summed E-state index contributed by atoms with van der Waals surface area (Å²) in [4.78, 5) is 10.9. The van der Waals surface area contributed by atoms with Crippen molar-refractivity contribution in [3.8, 4) is 0 Å². The molecule has 0 radical (unpaired) electrons. The highest BCUT2D eigenvalue weighted by atomic mass is 19.1. The highest BCUT2D eigenvalue weighted by Gasteiger charge is 2.34. The van der Waals surface area contributed by atoms with Crippen molar-refractivity contribution in [2.24, 2.45) is 11.8 Å². The molecule has 2 fully saturated rings. The zero-order chi connectivity index (χ0) is 14.1. The average Bonchev–Trinajstić information content (AvgIpc) is 3.25. The quantitative estimate of drug-likeness (QED) is 0.877. The van der Waals surface area contributed by atoms with E-state index in [2.05, 4.69) is 5.32 Å². The monoisotopic (exact) mass is 277 g/mol. The molecule has 2 aliphatic rings. The second-order valence-electron chi connectivity index (χ2n) is 6.11. The van der Waals surface area contributed by atoms with Gasteiger partial charge in [-0.3, -0.25) is 0 Å². The minimum atomic E-state index is -1.22. The summed E-state index contributed by atoms with van der Waals surface area (Å²) < 4.78 is 13.4. The molecule has 3 nitrogen and oxygen atoms in total. The largest absolute Gasteiger partial charge is 0.478 e. The SMILES string of the molecule is O=C(O)c1cc(NC2CCCC(C3CC3)C2)ccc1F. The molecule has 1 aromatic carbocycles. The van der Waals surface area contributed by atoms with E-state index in [1.165, 1.54) is 37.8 Å². The predicted molar refractivity (Wildman–Crippen MR) is 75.5 cm³/mol. The Morgan fingerprint density at radius 2 is 2.00 bits per heavy atom. The van der Waals surface area contributed by atoms with E-state index in [0.29, 0.717) is 11.7 Å². The van der Waals surface area contributed by atoms with Crippen molar-refractivity contribution in [1.82, 2.24) is 0 Å². The van der Waals surface area contributed by atoms with Gasteiger partial charge < -0.3 is 10.4 Å². The number of rotatable bonds is 4. The van der Waals surface area contributed by atoms with Gasteiger partial charge in [-0.1, -0.05) is 12.8 Å². The molecule has 2 atom stereocenters. The number of benzene rings is 1. The lowest BCUT2D eigenvalue weighted by Crippen LogP contribution is -2.28. The number of carboxylic acids is 1. The highest BCUT2D eigenvalue weighted by Crippen LogP contribution is 2.44. The molecule has 0 aliphatic heterocycles. The van der Waals surface area contributed by atoms with Crippen molar-refractivity contribution in [2.45, 2.75) is 44.6 Å². The van der Waals surface area contributed by atoms with Gasteiger partial charge in [-0.05, 0) is 55.7 Å². The van der Waals surface area contributed by atoms with Crippen molar-refractivity contribution < 1.29 is 14.3 Å². The fourth-order valence-corrected chi connectivity index (χ4v) is 3.37. The number of carbonyl (C=O) groups is 1. The standard InChI is InChI=1S/C16H20FNO2/c17-15-7-6-13(9-14(15)16(19)20)18-12-3-1-2-11(8-12)10-4-5-10/h6-7,9-12,18H,1-5,8H2,(H,19,20). The van der Waals surface area contributed by atoms with Crippen LogP contribution in [0.5, 0.6) is 0 Å². The van der Waals surface area contributed by atoms with Crippen molar-refractivity contribution >= 4 is 11.7 Å². The van der Waals surface area contributed by atoms with Crippen LogP contribution in [0.2, 0.25) is 0 Å². The van der Waals surface area contributed by atoms with Crippen molar-refractivity contribution in [1.29, 1.82) is 0 Å². The number of halogens is 1. The topological polar surface area (TPSA) is 49.3 Å². The Bertz CT molecular complexity index is 513. The van der Waals surface area contributed by atoms with Crippen LogP contribution in [0, 0.1) is 17.7 Å². The van der Waals surface area contributed by atoms with Gasteiger partial charge in [0.1, 0.15) is 5.82 Å². The summed E-state index contributed by atoms with van der Waals surface area (Å²) in [5.41, 5.74) is 0.454. The van der Waals surface area contributed by atoms with Crippen LogP contribution >= 0.6 is 0 Å². The fraction of sp³-hybridized carbons (Fsp3) is 0.562. The molecule has 2 unspecified atom stereocenters. The van der Waals surface area contributed by atoms with E-state index in [1.54, 1.807) is 6.07 Å². The zero-order valence-electron chi connectivity index (χ0n) is 11.4. The van der Waals surface area contributed by atoms with Crippen LogP contribution in [-0.4, -0.2) is 17.1 Å². The number of aromatic carboxylic acids is 1. The van der Waals surface area contributed by atoms with Crippen molar-refractivity contribution in [3.05, 3.63) is 29.6 Å². The summed E-state index contributed by atoms with van der Waals surface area (Å²) in [5.74, 6) is -0.156. The molecule has 1 aromatic rings. The Labute approximate surface area is 118 Å². The maximum absolute atomic E-state index is 13.4. The number of hydrogen-bond donors (Lipinski definition) is 2. The first-order valence-electron chi connectivity index (χ1n) is 7.43. The van der Waals surface area contributed by atoms with Gasteiger partial charge in [0.15, 0.2) is 0 Å². The lowest BCUT2D eigenvalue weighted by Gasteiger charge is -2.30. The van der Waals surface area contributed by atoms with Crippen LogP contribution in [0.4, 0.5) is 10.1 Å². The fourth-order valence-electron chi connectivity index (χ4n) is 3.37. The maximum atomic E-state index is 13.4. The smallest absolute Gasteiger partial charge is 0.338 e. The van der Waals surface area contributed by atoms with E-state index < -0.39 is 11.8 Å². The van der Waals surface area contributed by atoms with Crippen molar-refractivity contribution in [3.63, 3.8) is 0 Å². The molecule has 2 aliphatic carbocycles. The number of nitrogens with one attached hydrogen (secondary N) is 1. The number of anilines is 1. The van der Waals surface area contributed by atoms with Crippen LogP contribution in [0.25, 0.3) is 0 Å². The molecule has 0 heterocycles. The number of hydrogen-bond acceptors (Lipinski definition) is 2. The third kappa shape index (κ3) is 2.94. The van der Waals surface area contributed by atoms with Gasteiger partial charge >= 0.3 is 5.97 Å². The van der Waals surface area contributed by atoms with Gasteiger partial charge in [0, 0.05) is 11.7 Å². The van der Waals surface area contributed by atoms with E-state index >= 15 is 0 Å². The Kier molecular flexibility index (Phi) is 3.64. The second kappa shape index (κ2) is 5.43. The third-order valence-corrected chi connectivity index (χ3v) is 4.57. The molecule has 0 amide bonds. The van der Waals surface area contributed by atoms with E-state index in [-0.39, 0.29) is 5.56 Å². The normalized spacial score (nSPS) is 26.2. The maximum Gasteiger partial charge on any atom is 0.338 e. The highest BCUT2D eigenvalue weighted by molar-refractivity contribution is 5.89. The van der Waals surface area contributed by atoms with Crippen LogP contribution in [0.3, 0.4) is 0 Å². The average molecular weight is 277 g/mol. The Morgan fingerprint density at radius 3 is 2.70 bits per heavy atom. The van der Waals surface area contributed by atoms with Crippen LogP contribution in [0.15, 0.2) is 18.2 Å². The van der Waals surface area contributed by atoms with Crippen molar-refractivity contribution in [2.75, 3.05) is 5.32 Å². The van der Waals surface area contributed by atoms with E-state index in [0.717, 1.165) is 24.7 Å². The van der Waals surface area contributed by atoms with Crippen LogP contribution in [-0.2, 0) is 0 Å². The van der Waals surface area contributed by atoms with E-state index in [4.69, 9.17) is 5.11 Å². The summed E-state index contributed by atoms with van der Waals surface area (Å²) in [6, 6.07) is 4.65. The third-order valence-electron chi connectivity index (χ3n) is 4.57. The van der Waals surface area contributed by atoms with Gasteiger partial charge in [0.05, 0.1) is 5.56 Å². The van der Waals surface area contributed by atoms with E-state index in [1.807, 2.05) is 0 Å². The second-order valence-corrected chi connectivity index (χ2v) is 6.11. The molecule has 0 aromatic heterocycles. The molecule has 2 N–H and O–H groups in total. The lowest BCUT2D eigenvalue weighted by molar-refractivity contribution is 0.0692. The van der Waals surface area contributed by atoms with Crippen LogP contribution in [0.1, 0.15) is 48.9 Å². The molecular weight excluding hydrogens is 257 g/mol. The minimum Gasteiger partial charge on any atom is -0.478 e. The molecule has 0 bridgehead atoms. The molecule has 108 valence electrons. The summed E-state index contributed by atoms with van der Waals surface area (Å²) in [5, 5.41) is 12.3. The van der Waals surface area contributed by atoms with Gasteiger partial charge in [-0.2, -0.15) is 0 Å². The first-order valence-corrected chi connectivity index (χ1v) is 7.43. The summed E-state index contributed by atoms with van der Waals surface area (Å²) >= 11 is 0. The molecular formula is C16H20FNO2. The van der Waals surface area contributed by atoms with Crippen LogP contribution < -0.4 is 5.32 Å². The molecule has 2 saturated carbocycles. The minimum absolute atomic E-state index is 0.260. The van der Waals surface area contributed by atoms with Gasteiger partial charge in [0.2, 0.25) is 0 Å². The summed E-state index contributed by atoms with van der Waals surface area (Å²) in [6.45, 7) is 0. The summed E-state index contributed by atoms with van der Waals surface area (Å²) in [7, 11) is 0. The molecule has 20 heavy (non-hydrogen) atoms. The molecule has 0 saturated heterocycles. The Morgan fingerprint density at radius 1 is 1.20 bits per heavy atom. The Balaban J connectivity index is 1.67. The van der Waals surface area contributed by atoms with Gasteiger partial charge in [0.25, 0.3) is 0 Å². The molecule has 3 rings (SSSR count). The van der Waals surface area contributed by atoms with Gasteiger partial charge in [-0.15, -0.1) is 0 Å². The first kappa shape index (κ1) is 13.4.